The molecule has 16 heteroatoms. The number of anilines is 1. The Labute approximate surface area is 219 Å². The Morgan fingerprint density at radius 2 is 1.68 bits per heavy atom. The summed E-state index contributed by atoms with van der Waals surface area (Å²) in [6.45, 7) is 9.63. The summed E-state index contributed by atoms with van der Waals surface area (Å²) in [5.74, 6) is -1.57. The second-order valence-electron chi connectivity index (χ2n) is 9.69. The third-order valence-electron chi connectivity index (χ3n) is 5.38. The highest BCUT2D eigenvalue weighted by Crippen LogP contribution is 2.44. The number of hydrogen-bond acceptors (Lipinski definition) is 11. The molecule has 0 saturated carbocycles. The van der Waals surface area contributed by atoms with Crippen LogP contribution in [0.25, 0.3) is 0 Å². The van der Waals surface area contributed by atoms with E-state index in [1.54, 1.807) is 27.7 Å². The Morgan fingerprint density at radius 1 is 1.18 bits per heavy atom. The molecule has 1 fully saturated rings. The van der Waals surface area contributed by atoms with Crippen LogP contribution in [0.15, 0.2) is 17.1 Å². The number of aromatic nitrogens is 2. The van der Waals surface area contributed by atoms with Crippen molar-refractivity contribution >= 4 is 25.4 Å². The van der Waals surface area contributed by atoms with Crippen LogP contribution in [-0.2, 0) is 32.9 Å². The first kappa shape index (κ1) is 31.8. The van der Waals surface area contributed by atoms with Crippen LogP contribution in [0.2, 0.25) is 0 Å². The Bertz CT molecular complexity index is 1070. The molecule has 1 aliphatic rings. The lowest BCUT2D eigenvalue weighted by Crippen LogP contribution is -2.45. The summed E-state index contributed by atoms with van der Waals surface area (Å²) >= 11 is 0. The lowest BCUT2D eigenvalue weighted by molar-refractivity contribution is -0.149. The highest BCUT2D eigenvalue weighted by Gasteiger charge is 2.55. The third-order valence-corrected chi connectivity index (χ3v) is 7.35. The zero-order valence-corrected chi connectivity index (χ0v) is 23.3. The number of nitrogens with zero attached hydrogens (tertiary/aromatic N) is 2. The van der Waals surface area contributed by atoms with E-state index in [1.165, 1.54) is 26.1 Å². The molecule has 6 unspecified atom stereocenters. The van der Waals surface area contributed by atoms with Crippen molar-refractivity contribution in [3.63, 3.8) is 0 Å². The van der Waals surface area contributed by atoms with Crippen LogP contribution < -0.4 is 21.6 Å². The van der Waals surface area contributed by atoms with Gasteiger partial charge in [0.15, 0.2) is 11.9 Å². The third kappa shape index (κ3) is 8.04. The van der Waals surface area contributed by atoms with E-state index in [1.807, 2.05) is 0 Å². The average molecular weight is 566 g/mol. The van der Waals surface area contributed by atoms with Gasteiger partial charge in [0.05, 0.1) is 18.8 Å². The van der Waals surface area contributed by atoms with Gasteiger partial charge in [-0.3, -0.25) is 18.7 Å². The number of aliphatic hydroxyl groups is 1. The second-order valence-corrected chi connectivity index (χ2v) is 11.6. The smallest absolute Gasteiger partial charge is 0.351 e. The predicted molar refractivity (Wildman–Crippen MR) is 134 cm³/mol. The number of rotatable bonds is 12. The Kier molecular flexibility index (Phi) is 10.6. The van der Waals surface area contributed by atoms with Crippen molar-refractivity contribution in [1.82, 2.24) is 19.7 Å². The molecule has 14 nitrogen and oxygen atoms in total. The van der Waals surface area contributed by atoms with Crippen LogP contribution in [0.1, 0.15) is 54.7 Å². The van der Waals surface area contributed by atoms with E-state index in [0.29, 0.717) is 0 Å². The Morgan fingerprint density at radius 3 is 2.13 bits per heavy atom. The molecule has 1 aromatic rings. The van der Waals surface area contributed by atoms with Crippen LogP contribution in [0.4, 0.5) is 10.2 Å². The number of aliphatic hydroxyl groups excluding tert-OH is 1. The Balaban J connectivity index is 2.25. The fourth-order valence-corrected chi connectivity index (χ4v) is 5.34. The number of hydrogen-bond donors (Lipinski definition) is 4. The van der Waals surface area contributed by atoms with E-state index in [-0.39, 0.29) is 5.82 Å². The maximum atomic E-state index is 15.5. The van der Waals surface area contributed by atoms with E-state index in [2.05, 4.69) is 15.2 Å². The van der Waals surface area contributed by atoms with Gasteiger partial charge in [-0.25, -0.2) is 19.4 Å². The minimum atomic E-state index is -4.27. The Hall–Kier alpha value is -2.42. The standard InChI is InChI=1S/C22H37FN5O9P/c1-11(2)35-18(30)13(5)26-38(33,27-14(6)19(31)36-12(3)4)34-10-15-17(29)22(7,23)20(37-15)28-9-8-16(24)25-21(28)32/h8-9,11-15,17,20,29H,10H2,1-7H3,(H2,24,25,32)(H2,26,27,33). The summed E-state index contributed by atoms with van der Waals surface area (Å²) in [6.07, 6.45) is -4.57. The van der Waals surface area contributed by atoms with E-state index in [0.717, 1.165) is 11.5 Å². The van der Waals surface area contributed by atoms with E-state index < -0.39 is 80.3 Å². The van der Waals surface area contributed by atoms with Gasteiger partial charge in [0.25, 0.3) is 0 Å². The van der Waals surface area contributed by atoms with Gasteiger partial charge in [0, 0.05) is 6.20 Å². The molecule has 0 bridgehead atoms. The van der Waals surface area contributed by atoms with Gasteiger partial charge >= 0.3 is 25.3 Å². The van der Waals surface area contributed by atoms with E-state index in [9.17, 15) is 24.1 Å². The summed E-state index contributed by atoms with van der Waals surface area (Å²) < 4.78 is 51.3. The quantitative estimate of drug-likeness (QED) is 0.206. The van der Waals surface area contributed by atoms with Crippen molar-refractivity contribution in [2.75, 3.05) is 12.3 Å². The first-order valence-corrected chi connectivity index (χ1v) is 13.7. The summed E-state index contributed by atoms with van der Waals surface area (Å²) in [7, 11) is -4.27. The van der Waals surface area contributed by atoms with Gasteiger partial charge < -0.3 is 29.6 Å². The number of nitrogen functional groups attached to an aromatic ring is 1. The lowest BCUT2D eigenvalue weighted by Gasteiger charge is -2.28. The molecule has 6 atom stereocenters. The summed E-state index contributed by atoms with van der Waals surface area (Å²) in [6, 6.07) is -1.05. The van der Waals surface area contributed by atoms with Gasteiger partial charge in [0.2, 0.25) is 0 Å². The highest BCUT2D eigenvalue weighted by atomic mass is 31.2. The van der Waals surface area contributed by atoms with E-state index in [4.69, 9.17) is 24.5 Å². The first-order valence-electron chi connectivity index (χ1n) is 12.0. The zero-order valence-electron chi connectivity index (χ0n) is 22.4. The zero-order chi connectivity index (χ0) is 29.0. The van der Waals surface area contributed by atoms with Crippen LogP contribution in [-0.4, -0.2) is 75.4 Å². The molecule has 1 saturated heterocycles. The summed E-state index contributed by atoms with van der Waals surface area (Å²) in [4.78, 5) is 40.4. The molecule has 1 aliphatic heterocycles. The number of halogens is 1. The SMILES string of the molecule is CC(C)OC(=O)C(C)NP(=O)(NC(C)C(=O)OC(C)C)OCC1OC(n2ccc(N)nc2=O)C(C)(F)C1O. The number of carbonyl (C=O) groups is 2. The average Bonchev–Trinajstić information content (AvgIpc) is 3.00. The molecule has 0 aromatic carbocycles. The van der Waals surface area contributed by atoms with Crippen molar-refractivity contribution in [2.45, 2.75) is 96.9 Å². The van der Waals surface area contributed by atoms with Crippen LogP contribution in [0.5, 0.6) is 0 Å². The number of esters is 2. The summed E-state index contributed by atoms with van der Waals surface area (Å²) in [5.41, 5.74) is 2.09. The van der Waals surface area contributed by atoms with Gasteiger partial charge in [-0.2, -0.15) is 4.98 Å². The van der Waals surface area contributed by atoms with Crippen molar-refractivity contribution < 1.29 is 42.4 Å². The predicted octanol–water partition coefficient (Wildman–Crippen LogP) is 0.796. The van der Waals surface area contributed by atoms with Crippen molar-refractivity contribution in [1.29, 1.82) is 0 Å². The summed E-state index contributed by atoms with van der Waals surface area (Å²) in [5, 5.41) is 15.6. The molecule has 5 N–H and O–H groups in total. The molecular weight excluding hydrogens is 528 g/mol. The highest BCUT2D eigenvalue weighted by molar-refractivity contribution is 7.54. The molecule has 2 heterocycles. The van der Waals surface area contributed by atoms with Crippen LogP contribution in [0.3, 0.4) is 0 Å². The van der Waals surface area contributed by atoms with Gasteiger partial charge in [-0.15, -0.1) is 0 Å². The fourth-order valence-electron chi connectivity index (χ4n) is 3.53. The molecule has 0 spiro atoms. The van der Waals surface area contributed by atoms with Gasteiger partial charge in [-0.05, 0) is 54.5 Å². The van der Waals surface area contributed by atoms with Gasteiger partial charge in [0.1, 0.15) is 30.1 Å². The monoisotopic (exact) mass is 565 g/mol. The number of alkyl halides is 1. The topological polar surface area (TPSA) is 193 Å². The number of ether oxygens (including phenoxy) is 3. The van der Waals surface area contributed by atoms with Crippen molar-refractivity contribution in [3.8, 4) is 0 Å². The van der Waals surface area contributed by atoms with Crippen molar-refractivity contribution in [2.24, 2.45) is 0 Å². The second kappa shape index (κ2) is 12.6. The minimum absolute atomic E-state index is 0.0847. The van der Waals surface area contributed by atoms with Crippen LogP contribution >= 0.6 is 7.67 Å². The largest absolute Gasteiger partial charge is 0.462 e. The van der Waals surface area contributed by atoms with Gasteiger partial charge in [-0.1, -0.05) is 0 Å². The number of carbonyl (C=O) groups excluding carboxylic acids is 2. The minimum Gasteiger partial charge on any atom is -0.462 e. The molecule has 216 valence electrons. The molecule has 0 radical (unpaired) electrons. The lowest BCUT2D eigenvalue weighted by atomic mass is 9.98. The molecule has 1 aromatic heterocycles. The maximum Gasteiger partial charge on any atom is 0.351 e. The van der Waals surface area contributed by atoms with Crippen LogP contribution in [0, 0.1) is 0 Å². The number of nitrogens with one attached hydrogen (secondary N) is 2. The number of nitrogens with two attached hydrogens (primary N) is 1. The first-order chi connectivity index (χ1) is 17.5. The molecule has 0 amide bonds. The normalized spacial score (nSPS) is 26.7. The van der Waals surface area contributed by atoms with E-state index >= 15 is 4.39 Å². The fraction of sp³-hybridized carbons (Fsp3) is 0.727. The van der Waals surface area contributed by atoms with Crippen molar-refractivity contribution in [3.05, 3.63) is 22.7 Å². The molecule has 0 aliphatic carbocycles. The maximum absolute atomic E-state index is 15.5. The molecular formula is C22H37FN5O9P. The molecule has 38 heavy (non-hydrogen) atoms. The molecule has 2 rings (SSSR count).